The number of thioether (sulfide) groups is 1. The number of aromatic nitrogens is 3. The van der Waals surface area contributed by atoms with Crippen molar-refractivity contribution in [1.29, 1.82) is 5.26 Å². The highest BCUT2D eigenvalue weighted by Gasteiger charge is 2.11. The van der Waals surface area contributed by atoms with E-state index in [9.17, 15) is 0 Å². The van der Waals surface area contributed by atoms with E-state index in [0.29, 0.717) is 17.4 Å². The number of nitriles is 1. The van der Waals surface area contributed by atoms with Gasteiger partial charge in [0.05, 0.1) is 6.07 Å². The zero-order valence-corrected chi connectivity index (χ0v) is 11.5. The summed E-state index contributed by atoms with van der Waals surface area (Å²) in [5.41, 5.74) is 2.14. The maximum atomic E-state index is 8.48. The molecule has 0 aliphatic carbocycles. The van der Waals surface area contributed by atoms with Gasteiger partial charge in [0.25, 0.3) is 0 Å². The van der Waals surface area contributed by atoms with Gasteiger partial charge in [0, 0.05) is 17.7 Å². The summed E-state index contributed by atoms with van der Waals surface area (Å²) >= 11 is 1.52. The fourth-order valence-electron chi connectivity index (χ4n) is 1.59. The summed E-state index contributed by atoms with van der Waals surface area (Å²) in [7, 11) is 0. The van der Waals surface area contributed by atoms with Gasteiger partial charge in [-0.2, -0.15) is 5.26 Å². The summed E-state index contributed by atoms with van der Waals surface area (Å²) < 4.78 is 1.50. The van der Waals surface area contributed by atoms with Crippen molar-refractivity contribution in [2.24, 2.45) is 0 Å². The molecule has 5 nitrogen and oxygen atoms in total. The molecule has 0 unspecified atom stereocenters. The Morgan fingerprint density at radius 2 is 2.05 bits per heavy atom. The first-order chi connectivity index (χ1) is 9.22. The van der Waals surface area contributed by atoms with Crippen LogP contribution >= 0.6 is 11.8 Å². The second kappa shape index (κ2) is 6.25. The lowest BCUT2D eigenvalue weighted by Crippen LogP contribution is -2.11. The summed E-state index contributed by atoms with van der Waals surface area (Å²) in [6, 6.07) is 10.1. The third-order valence-electron chi connectivity index (χ3n) is 2.64. The van der Waals surface area contributed by atoms with E-state index in [1.807, 2.05) is 31.2 Å². The van der Waals surface area contributed by atoms with E-state index in [1.165, 1.54) is 22.0 Å². The van der Waals surface area contributed by atoms with Crippen LogP contribution < -0.4 is 5.84 Å². The minimum atomic E-state index is 0.552. The molecule has 0 spiro atoms. The van der Waals surface area contributed by atoms with Gasteiger partial charge in [0.2, 0.25) is 5.16 Å². The van der Waals surface area contributed by atoms with E-state index >= 15 is 0 Å². The molecule has 0 aliphatic rings. The van der Waals surface area contributed by atoms with Crippen LogP contribution in [0.5, 0.6) is 0 Å². The highest BCUT2D eigenvalue weighted by Crippen LogP contribution is 2.22. The molecule has 0 radical (unpaired) electrons. The molecule has 2 N–H and O–H groups in total. The number of rotatable bonds is 5. The van der Waals surface area contributed by atoms with E-state index in [2.05, 4.69) is 16.3 Å². The fraction of sp³-hybridized carbons (Fsp3) is 0.308. The zero-order valence-electron chi connectivity index (χ0n) is 10.7. The van der Waals surface area contributed by atoms with Crippen LogP contribution in [0.25, 0.3) is 11.4 Å². The largest absolute Gasteiger partial charge is 0.335 e. The number of aryl methyl sites for hydroxylation is 1. The van der Waals surface area contributed by atoms with Gasteiger partial charge in [-0.15, -0.1) is 10.2 Å². The highest BCUT2D eigenvalue weighted by molar-refractivity contribution is 7.99. The minimum Gasteiger partial charge on any atom is -0.335 e. The van der Waals surface area contributed by atoms with Gasteiger partial charge in [-0.05, 0) is 13.3 Å². The van der Waals surface area contributed by atoms with Gasteiger partial charge in [0.15, 0.2) is 5.82 Å². The predicted octanol–water partition coefficient (Wildman–Crippen LogP) is 2.36. The van der Waals surface area contributed by atoms with E-state index in [4.69, 9.17) is 11.1 Å². The number of nitrogen functional groups attached to an aromatic ring is 1. The normalized spacial score (nSPS) is 10.3. The molecule has 1 aromatic carbocycles. The molecule has 0 aliphatic heterocycles. The molecule has 6 heteroatoms. The molecular formula is C13H15N5S. The second-order valence-corrected chi connectivity index (χ2v) is 5.21. The van der Waals surface area contributed by atoms with Gasteiger partial charge < -0.3 is 5.84 Å². The molecule has 19 heavy (non-hydrogen) atoms. The summed E-state index contributed by atoms with van der Waals surface area (Å²) in [5.74, 6) is 7.47. The third kappa shape index (κ3) is 3.26. The van der Waals surface area contributed by atoms with Gasteiger partial charge in [0.1, 0.15) is 0 Å². The number of hydrogen-bond acceptors (Lipinski definition) is 5. The van der Waals surface area contributed by atoms with Crippen molar-refractivity contribution in [2.75, 3.05) is 11.6 Å². The second-order valence-electron chi connectivity index (χ2n) is 4.15. The Hall–Kier alpha value is -2.00. The molecule has 2 rings (SSSR count). The Labute approximate surface area is 116 Å². The lowest BCUT2D eigenvalue weighted by Gasteiger charge is -2.03. The Balaban J connectivity index is 2.10. The maximum absolute atomic E-state index is 8.48. The molecule has 1 heterocycles. The van der Waals surface area contributed by atoms with Crippen LogP contribution in [0, 0.1) is 18.3 Å². The number of unbranched alkanes of at least 4 members (excludes halogenated alkanes) is 1. The smallest absolute Gasteiger partial charge is 0.210 e. The fourth-order valence-corrected chi connectivity index (χ4v) is 2.38. The van der Waals surface area contributed by atoms with Crippen LogP contribution in [-0.4, -0.2) is 20.6 Å². The van der Waals surface area contributed by atoms with Gasteiger partial charge >= 0.3 is 0 Å². The van der Waals surface area contributed by atoms with Crippen molar-refractivity contribution in [3.05, 3.63) is 29.8 Å². The quantitative estimate of drug-likeness (QED) is 0.514. The Morgan fingerprint density at radius 1 is 1.32 bits per heavy atom. The number of benzene rings is 1. The summed E-state index contributed by atoms with van der Waals surface area (Å²) in [6.45, 7) is 2.04. The first kappa shape index (κ1) is 13.4. The lowest BCUT2D eigenvalue weighted by atomic mass is 10.1. The summed E-state index contributed by atoms with van der Waals surface area (Å²) in [6.07, 6.45) is 1.38. The Morgan fingerprint density at radius 3 is 2.74 bits per heavy atom. The first-order valence-electron chi connectivity index (χ1n) is 5.99. The van der Waals surface area contributed by atoms with Crippen molar-refractivity contribution in [2.45, 2.75) is 24.9 Å². The van der Waals surface area contributed by atoms with Crippen molar-refractivity contribution in [3.63, 3.8) is 0 Å². The van der Waals surface area contributed by atoms with E-state index < -0.39 is 0 Å². The van der Waals surface area contributed by atoms with Crippen LogP contribution in [-0.2, 0) is 0 Å². The average Bonchev–Trinajstić information content (AvgIpc) is 2.77. The van der Waals surface area contributed by atoms with Crippen molar-refractivity contribution in [3.8, 4) is 17.5 Å². The van der Waals surface area contributed by atoms with E-state index in [1.54, 1.807) is 0 Å². The molecule has 98 valence electrons. The molecule has 0 saturated heterocycles. The van der Waals surface area contributed by atoms with Crippen molar-refractivity contribution >= 4 is 11.8 Å². The van der Waals surface area contributed by atoms with Gasteiger partial charge in [-0.3, -0.25) is 0 Å². The van der Waals surface area contributed by atoms with Crippen molar-refractivity contribution in [1.82, 2.24) is 14.9 Å². The molecule has 0 bridgehead atoms. The van der Waals surface area contributed by atoms with Crippen LogP contribution in [0.2, 0.25) is 0 Å². The topological polar surface area (TPSA) is 80.5 Å². The van der Waals surface area contributed by atoms with Crippen LogP contribution in [0.15, 0.2) is 29.4 Å². The lowest BCUT2D eigenvalue weighted by molar-refractivity contribution is 0.846. The SMILES string of the molecule is Cc1ccc(-c2nnc(SCCCC#N)n2N)cc1. The first-order valence-corrected chi connectivity index (χ1v) is 6.98. The molecule has 0 saturated carbocycles. The van der Waals surface area contributed by atoms with E-state index in [0.717, 1.165) is 17.7 Å². The van der Waals surface area contributed by atoms with Crippen LogP contribution in [0.4, 0.5) is 0 Å². The third-order valence-corrected chi connectivity index (χ3v) is 3.67. The highest BCUT2D eigenvalue weighted by atomic mass is 32.2. The van der Waals surface area contributed by atoms with Gasteiger partial charge in [-0.1, -0.05) is 41.6 Å². The number of hydrogen-bond donors (Lipinski definition) is 1. The molecule has 2 aromatic rings. The standard InChI is InChI=1S/C13H15N5S/c1-10-4-6-11(7-5-10)12-16-17-13(18(12)15)19-9-3-2-8-14/h4-7H,2-3,9,15H2,1H3. The van der Waals surface area contributed by atoms with Gasteiger partial charge in [-0.25, -0.2) is 4.68 Å². The molecule has 0 amide bonds. The maximum Gasteiger partial charge on any atom is 0.210 e. The number of nitrogens with two attached hydrogens (primary N) is 1. The summed E-state index contributed by atoms with van der Waals surface area (Å²) in [4.78, 5) is 0. The number of nitrogens with zero attached hydrogens (tertiary/aromatic N) is 4. The molecule has 0 atom stereocenters. The van der Waals surface area contributed by atoms with Crippen LogP contribution in [0.3, 0.4) is 0 Å². The van der Waals surface area contributed by atoms with Crippen molar-refractivity contribution < 1.29 is 0 Å². The van der Waals surface area contributed by atoms with Crippen LogP contribution in [0.1, 0.15) is 18.4 Å². The zero-order chi connectivity index (χ0) is 13.7. The summed E-state index contributed by atoms with van der Waals surface area (Å²) in [5, 5.41) is 17.3. The molecule has 1 aromatic heterocycles. The molecular weight excluding hydrogens is 258 g/mol. The molecule has 0 fully saturated rings. The Bertz CT molecular complexity index is 582. The average molecular weight is 273 g/mol. The van der Waals surface area contributed by atoms with E-state index in [-0.39, 0.29) is 0 Å². The predicted molar refractivity (Wildman–Crippen MR) is 75.9 cm³/mol. The minimum absolute atomic E-state index is 0.552. The monoisotopic (exact) mass is 273 g/mol. The Kier molecular flexibility index (Phi) is 4.42.